The van der Waals surface area contributed by atoms with Crippen molar-refractivity contribution in [1.29, 1.82) is 0 Å². The second kappa shape index (κ2) is 14.2. The molecule has 5 aromatic rings. The molecule has 3 aromatic carbocycles. The zero-order chi connectivity index (χ0) is 30.2. The smallest absolute Gasteiger partial charge is 0.331 e. The highest BCUT2D eigenvalue weighted by Gasteiger charge is 2.35. The molecule has 2 unspecified atom stereocenters. The number of hydrogen-bond donors (Lipinski definition) is 1. The summed E-state index contributed by atoms with van der Waals surface area (Å²) in [5, 5.41) is 0. The standard InChI is InChI=1S/C34H38N5O4P/c35-34-37-32-31(33(38-34)41-21-26-12-4-1-5-13-26)36-25-39(32)20-29-18-10-11-19-30(29)24-44(40,42-22-27-14-6-2-7-15-27)43-23-28-16-8-3-9-17-28/h1-9,12-17,25,29-30H,10-11,18-24H2,(H2,35,37,38). The van der Waals surface area contributed by atoms with Gasteiger partial charge < -0.3 is 24.1 Å². The van der Waals surface area contributed by atoms with Crippen LogP contribution in [0.1, 0.15) is 42.4 Å². The normalized spacial score (nSPS) is 17.1. The minimum absolute atomic E-state index is 0.135. The Hall–Kier alpha value is -4.04. The number of nitrogens with two attached hydrogens (primary N) is 1. The Bertz CT molecular complexity index is 1640. The number of imidazole rings is 1. The zero-order valence-electron chi connectivity index (χ0n) is 24.7. The second-order valence-electron chi connectivity index (χ2n) is 11.3. The van der Waals surface area contributed by atoms with Crippen molar-refractivity contribution >= 4 is 24.7 Å². The molecule has 2 N–H and O–H groups in total. The van der Waals surface area contributed by atoms with Gasteiger partial charge in [-0.05, 0) is 41.4 Å². The molecule has 44 heavy (non-hydrogen) atoms. The largest absolute Gasteiger partial charge is 0.471 e. The van der Waals surface area contributed by atoms with Crippen LogP contribution in [-0.4, -0.2) is 25.7 Å². The van der Waals surface area contributed by atoms with Crippen LogP contribution in [0.4, 0.5) is 5.95 Å². The van der Waals surface area contributed by atoms with Crippen molar-refractivity contribution in [2.45, 2.75) is 52.0 Å². The molecule has 1 fully saturated rings. The molecule has 0 bridgehead atoms. The average molecular weight is 612 g/mol. The quantitative estimate of drug-likeness (QED) is 0.137. The molecule has 9 nitrogen and oxygen atoms in total. The van der Waals surface area contributed by atoms with Gasteiger partial charge in [0.05, 0.1) is 25.7 Å². The predicted octanol–water partition coefficient (Wildman–Crippen LogP) is 7.42. The van der Waals surface area contributed by atoms with E-state index in [-0.39, 0.29) is 31.0 Å². The molecule has 0 aliphatic heterocycles. The molecule has 228 valence electrons. The molecule has 2 heterocycles. The first kappa shape index (κ1) is 30.0. The lowest BCUT2D eigenvalue weighted by molar-refractivity contribution is 0.170. The summed E-state index contributed by atoms with van der Waals surface area (Å²) >= 11 is 0. The van der Waals surface area contributed by atoms with Crippen molar-refractivity contribution in [2.24, 2.45) is 11.8 Å². The van der Waals surface area contributed by atoms with Gasteiger partial charge in [0.2, 0.25) is 11.8 Å². The SMILES string of the molecule is Nc1nc(OCc2ccccc2)c2ncn(CC3CCCCC3CP(=O)(OCc3ccccc3)OCc3ccccc3)c2n1. The Labute approximate surface area is 258 Å². The molecule has 2 atom stereocenters. The van der Waals surface area contributed by atoms with Crippen LogP contribution < -0.4 is 10.5 Å². The van der Waals surface area contributed by atoms with Crippen LogP contribution in [0.5, 0.6) is 5.88 Å². The van der Waals surface area contributed by atoms with Gasteiger partial charge in [-0.15, -0.1) is 0 Å². The summed E-state index contributed by atoms with van der Waals surface area (Å²) in [4.78, 5) is 13.5. The number of benzene rings is 3. The molecular formula is C34H38N5O4P. The van der Waals surface area contributed by atoms with E-state index in [1.807, 2.05) is 95.6 Å². The number of ether oxygens (including phenoxy) is 1. The molecule has 0 spiro atoms. The summed E-state index contributed by atoms with van der Waals surface area (Å²) < 4.78 is 34.7. The molecule has 0 amide bonds. The fourth-order valence-electron chi connectivity index (χ4n) is 5.84. The summed E-state index contributed by atoms with van der Waals surface area (Å²) in [6.07, 6.45) is 6.27. The third kappa shape index (κ3) is 7.72. The fraction of sp³-hybridized carbons (Fsp3) is 0.324. The van der Waals surface area contributed by atoms with E-state index < -0.39 is 7.60 Å². The zero-order valence-corrected chi connectivity index (χ0v) is 25.6. The third-order valence-corrected chi connectivity index (χ3v) is 10.1. The summed E-state index contributed by atoms with van der Waals surface area (Å²) in [5.41, 5.74) is 10.3. The molecular weight excluding hydrogens is 573 g/mol. The number of rotatable bonds is 13. The molecule has 10 heteroatoms. The van der Waals surface area contributed by atoms with Crippen LogP contribution >= 0.6 is 7.60 Å². The first-order valence-corrected chi connectivity index (χ1v) is 16.9. The highest BCUT2D eigenvalue weighted by Crippen LogP contribution is 2.54. The lowest BCUT2D eigenvalue weighted by Gasteiger charge is -2.34. The topological polar surface area (TPSA) is 114 Å². The highest BCUT2D eigenvalue weighted by atomic mass is 31.2. The minimum atomic E-state index is -3.44. The third-order valence-electron chi connectivity index (χ3n) is 8.16. The molecule has 0 radical (unpaired) electrons. The van der Waals surface area contributed by atoms with E-state index in [1.165, 1.54) is 0 Å². The Morgan fingerprint density at radius 2 is 1.30 bits per heavy atom. The Morgan fingerprint density at radius 3 is 1.89 bits per heavy atom. The molecule has 1 aliphatic carbocycles. The fourth-order valence-corrected chi connectivity index (χ4v) is 7.87. The number of fused-ring (bicyclic) bond motifs is 1. The van der Waals surface area contributed by atoms with Crippen molar-refractivity contribution in [1.82, 2.24) is 19.5 Å². The van der Waals surface area contributed by atoms with Crippen LogP contribution in [0.15, 0.2) is 97.3 Å². The number of anilines is 1. The minimum Gasteiger partial charge on any atom is -0.471 e. The van der Waals surface area contributed by atoms with Crippen molar-refractivity contribution in [3.8, 4) is 5.88 Å². The summed E-state index contributed by atoms with van der Waals surface area (Å²) in [6, 6.07) is 29.5. The second-order valence-corrected chi connectivity index (χ2v) is 13.4. The van der Waals surface area contributed by atoms with Crippen LogP contribution in [0.3, 0.4) is 0 Å². The number of nitrogen functional groups attached to an aromatic ring is 1. The first-order chi connectivity index (χ1) is 21.5. The number of aromatic nitrogens is 4. The van der Waals surface area contributed by atoms with Gasteiger partial charge in [-0.3, -0.25) is 4.57 Å². The van der Waals surface area contributed by atoms with Crippen molar-refractivity contribution < 1.29 is 18.3 Å². The van der Waals surface area contributed by atoms with Gasteiger partial charge in [-0.2, -0.15) is 9.97 Å². The summed E-state index contributed by atoms with van der Waals surface area (Å²) in [6.45, 7) is 1.48. The predicted molar refractivity (Wildman–Crippen MR) is 171 cm³/mol. The maximum Gasteiger partial charge on any atom is 0.331 e. The molecule has 6 rings (SSSR count). The first-order valence-electron chi connectivity index (χ1n) is 15.2. The van der Waals surface area contributed by atoms with Crippen LogP contribution in [0.25, 0.3) is 11.2 Å². The summed E-state index contributed by atoms with van der Waals surface area (Å²) in [7, 11) is -3.44. The van der Waals surface area contributed by atoms with E-state index in [0.717, 1.165) is 42.4 Å². The van der Waals surface area contributed by atoms with Crippen molar-refractivity contribution in [3.63, 3.8) is 0 Å². The Kier molecular flexibility index (Phi) is 9.66. The molecule has 1 aliphatic rings. The number of hydrogen-bond acceptors (Lipinski definition) is 8. The van der Waals surface area contributed by atoms with Gasteiger partial charge in [-0.25, -0.2) is 4.98 Å². The number of nitrogens with zero attached hydrogens (tertiary/aromatic N) is 4. The van der Waals surface area contributed by atoms with Crippen LogP contribution in [0, 0.1) is 11.8 Å². The molecule has 2 aromatic heterocycles. The van der Waals surface area contributed by atoms with E-state index in [4.69, 9.17) is 19.5 Å². The average Bonchev–Trinajstić information content (AvgIpc) is 3.46. The van der Waals surface area contributed by atoms with E-state index in [9.17, 15) is 4.57 Å². The van der Waals surface area contributed by atoms with Gasteiger partial charge in [0.1, 0.15) is 6.61 Å². The van der Waals surface area contributed by atoms with Gasteiger partial charge in [-0.1, -0.05) is 104 Å². The summed E-state index contributed by atoms with van der Waals surface area (Å²) in [5.74, 6) is 0.880. The van der Waals surface area contributed by atoms with Crippen LogP contribution in [0.2, 0.25) is 0 Å². The Morgan fingerprint density at radius 1 is 0.750 bits per heavy atom. The lowest BCUT2D eigenvalue weighted by atomic mass is 9.80. The maximum atomic E-state index is 14.3. The lowest BCUT2D eigenvalue weighted by Crippen LogP contribution is -2.27. The molecule has 1 saturated carbocycles. The Balaban J connectivity index is 1.19. The highest BCUT2D eigenvalue weighted by molar-refractivity contribution is 7.53. The van der Waals surface area contributed by atoms with E-state index in [1.54, 1.807) is 6.33 Å². The van der Waals surface area contributed by atoms with Crippen molar-refractivity contribution in [2.75, 3.05) is 11.9 Å². The van der Waals surface area contributed by atoms with E-state index in [2.05, 4.69) is 15.0 Å². The van der Waals surface area contributed by atoms with Gasteiger partial charge in [0.25, 0.3) is 0 Å². The van der Waals surface area contributed by atoms with E-state index in [0.29, 0.717) is 36.4 Å². The monoisotopic (exact) mass is 611 g/mol. The molecule has 0 saturated heterocycles. The van der Waals surface area contributed by atoms with Gasteiger partial charge in [0, 0.05) is 6.54 Å². The van der Waals surface area contributed by atoms with Crippen molar-refractivity contribution in [3.05, 3.63) is 114 Å². The van der Waals surface area contributed by atoms with E-state index >= 15 is 0 Å². The van der Waals surface area contributed by atoms with Gasteiger partial charge >= 0.3 is 7.60 Å². The van der Waals surface area contributed by atoms with Gasteiger partial charge in [0.15, 0.2) is 11.2 Å². The van der Waals surface area contributed by atoms with Crippen LogP contribution in [-0.2, 0) is 40.0 Å². The maximum absolute atomic E-state index is 14.3.